The number of thiazole rings is 1. The zero-order valence-corrected chi connectivity index (χ0v) is 10.3. The van der Waals surface area contributed by atoms with Gasteiger partial charge in [-0.25, -0.2) is 4.98 Å². The normalized spacial score (nSPS) is 10.9. The van der Waals surface area contributed by atoms with E-state index in [1.807, 2.05) is 24.3 Å². The molecule has 1 aromatic heterocycles. The van der Waals surface area contributed by atoms with Crippen LogP contribution < -0.4 is 5.73 Å². The lowest BCUT2D eigenvalue weighted by molar-refractivity contribution is 1.42. The van der Waals surface area contributed by atoms with Crippen LogP contribution in [0, 0.1) is 6.92 Å². The van der Waals surface area contributed by atoms with Crippen LogP contribution in [0.5, 0.6) is 0 Å². The second-order valence-electron chi connectivity index (χ2n) is 4.06. The Morgan fingerprint density at radius 1 is 1.06 bits per heavy atom. The molecule has 0 aliphatic rings. The maximum absolute atomic E-state index is 5.69. The Balaban J connectivity index is 2.18. The van der Waals surface area contributed by atoms with Crippen LogP contribution >= 0.6 is 11.3 Å². The summed E-state index contributed by atoms with van der Waals surface area (Å²) in [5.74, 6) is 0. The molecule has 0 spiro atoms. The summed E-state index contributed by atoms with van der Waals surface area (Å²) in [4.78, 5) is 4.69. The van der Waals surface area contributed by atoms with Gasteiger partial charge < -0.3 is 5.73 Å². The van der Waals surface area contributed by atoms with E-state index in [0.717, 1.165) is 21.8 Å². The van der Waals surface area contributed by atoms with Gasteiger partial charge in [-0.15, -0.1) is 11.3 Å². The fraction of sp³-hybridized carbons (Fsp3) is 0.0714. The third kappa shape index (κ3) is 1.78. The molecule has 3 rings (SSSR count). The number of benzene rings is 2. The molecule has 0 atom stereocenters. The first-order chi connectivity index (χ1) is 8.24. The zero-order valence-electron chi connectivity index (χ0n) is 9.47. The first-order valence-corrected chi connectivity index (χ1v) is 6.28. The summed E-state index contributed by atoms with van der Waals surface area (Å²) in [6.07, 6.45) is 0. The smallest absolute Gasteiger partial charge is 0.124 e. The van der Waals surface area contributed by atoms with E-state index in [4.69, 9.17) is 5.73 Å². The first-order valence-electron chi connectivity index (χ1n) is 5.46. The van der Waals surface area contributed by atoms with Crippen molar-refractivity contribution in [2.75, 3.05) is 5.73 Å². The molecule has 0 saturated carbocycles. The molecule has 2 N–H and O–H groups in total. The van der Waals surface area contributed by atoms with Crippen LogP contribution in [0.4, 0.5) is 5.69 Å². The molecular formula is C14H12N2S. The van der Waals surface area contributed by atoms with Gasteiger partial charge in [-0.3, -0.25) is 0 Å². The summed E-state index contributed by atoms with van der Waals surface area (Å²) < 4.78 is 1.23. The van der Waals surface area contributed by atoms with Gasteiger partial charge in [-0.2, -0.15) is 0 Å². The molecule has 3 heteroatoms. The van der Waals surface area contributed by atoms with Crippen molar-refractivity contribution >= 4 is 27.2 Å². The molecular weight excluding hydrogens is 228 g/mol. The molecule has 0 aliphatic heterocycles. The van der Waals surface area contributed by atoms with Crippen LogP contribution in [0.3, 0.4) is 0 Å². The molecule has 2 aromatic carbocycles. The van der Waals surface area contributed by atoms with Crippen molar-refractivity contribution in [3.8, 4) is 10.6 Å². The van der Waals surface area contributed by atoms with E-state index in [0.29, 0.717) is 0 Å². The highest BCUT2D eigenvalue weighted by Gasteiger charge is 2.07. The molecule has 17 heavy (non-hydrogen) atoms. The second kappa shape index (κ2) is 3.86. The minimum atomic E-state index is 0.783. The Morgan fingerprint density at radius 3 is 2.53 bits per heavy atom. The van der Waals surface area contributed by atoms with E-state index in [2.05, 4.69) is 30.1 Å². The van der Waals surface area contributed by atoms with Crippen LogP contribution in [0.25, 0.3) is 20.8 Å². The van der Waals surface area contributed by atoms with Gasteiger partial charge in [0.2, 0.25) is 0 Å². The molecule has 0 unspecified atom stereocenters. The number of nitrogens with two attached hydrogens (primary N) is 1. The Labute approximate surface area is 104 Å². The highest BCUT2D eigenvalue weighted by atomic mass is 32.1. The lowest BCUT2D eigenvalue weighted by Gasteiger charge is -1.96. The fourth-order valence-corrected chi connectivity index (χ4v) is 2.88. The van der Waals surface area contributed by atoms with Gasteiger partial charge >= 0.3 is 0 Å². The quantitative estimate of drug-likeness (QED) is 0.656. The Hall–Kier alpha value is -1.87. The van der Waals surface area contributed by atoms with Crippen LogP contribution in [-0.2, 0) is 0 Å². The Bertz CT molecular complexity index is 668. The maximum Gasteiger partial charge on any atom is 0.124 e. The summed E-state index contributed by atoms with van der Waals surface area (Å²) >= 11 is 1.72. The molecule has 0 amide bonds. The largest absolute Gasteiger partial charge is 0.399 e. The van der Waals surface area contributed by atoms with Crippen molar-refractivity contribution in [3.05, 3.63) is 48.0 Å². The predicted molar refractivity (Wildman–Crippen MR) is 74.2 cm³/mol. The van der Waals surface area contributed by atoms with Crippen molar-refractivity contribution in [2.24, 2.45) is 0 Å². The van der Waals surface area contributed by atoms with Gasteiger partial charge in [0.15, 0.2) is 0 Å². The summed E-state index contributed by atoms with van der Waals surface area (Å²) in [6, 6.07) is 14.1. The molecule has 84 valence electrons. The molecule has 3 aromatic rings. The van der Waals surface area contributed by atoms with E-state index in [-0.39, 0.29) is 0 Å². The van der Waals surface area contributed by atoms with Crippen molar-refractivity contribution in [1.82, 2.24) is 4.98 Å². The average molecular weight is 240 g/mol. The summed E-state index contributed by atoms with van der Waals surface area (Å²) in [7, 11) is 0. The molecule has 0 aliphatic carbocycles. The minimum Gasteiger partial charge on any atom is -0.399 e. The van der Waals surface area contributed by atoms with Crippen LogP contribution in [0.15, 0.2) is 42.5 Å². The maximum atomic E-state index is 5.69. The molecule has 0 saturated heterocycles. The molecule has 0 fully saturated rings. The van der Waals surface area contributed by atoms with Crippen molar-refractivity contribution in [2.45, 2.75) is 6.92 Å². The number of hydrogen-bond acceptors (Lipinski definition) is 3. The van der Waals surface area contributed by atoms with Gasteiger partial charge in [0, 0.05) is 11.3 Å². The van der Waals surface area contributed by atoms with E-state index in [9.17, 15) is 0 Å². The molecule has 1 heterocycles. The highest BCUT2D eigenvalue weighted by molar-refractivity contribution is 7.21. The predicted octanol–water partition coefficient (Wildman–Crippen LogP) is 3.85. The molecule has 0 bridgehead atoms. The van der Waals surface area contributed by atoms with Crippen LogP contribution in [0.2, 0.25) is 0 Å². The Morgan fingerprint density at radius 2 is 1.82 bits per heavy atom. The number of aromatic nitrogens is 1. The average Bonchev–Trinajstić information content (AvgIpc) is 2.75. The van der Waals surface area contributed by atoms with Gasteiger partial charge in [-0.05, 0) is 42.8 Å². The third-order valence-corrected chi connectivity index (χ3v) is 3.85. The highest BCUT2D eigenvalue weighted by Crippen LogP contribution is 2.31. The fourth-order valence-electron chi connectivity index (χ4n) is 1.84. The second-order valence-corrected chi connectivity index (χ2v) is 5.09. The number of aryl methyl sites for hydroxylation is 1. The number of rotatable bonds is 1. The molecule has 2 nitrogen and oxygen atoms in total. The van der Waals surface area contributed by atoms with Gasteiger partial charge in [-0.1, -0.05) is 12.1 Å². The van der Waals surface area contributed by atoms with E-state index in [1.165, 1.54) is 10.3 Å². The van der Waals surface area contributed by atoms with E-state index < -0.39 is 0 Å². The zero-order chi connectivity index (χ0) is 11.8. The van der Waals surface area contributed by atoms with Crippen LogP contribution in [-0.4, -0.2) is 4.98 Å². The van der Waals surface area contributed by atoms with Crippen LogP contribution in [0.1, 0.15) is 5.56 Å². The van der Waals surface area contributed by atoms with Crippen molar-refractivity contribution < 1.29 is 0 Å². The van der Waals surface area contributed by atoms with Gasteiger partial charge in [0.25, 0.3) is 0 Å². The van der Waals surface area contributed by atoms with Gasteiger partial charge in [0.1, 0.15) is 5.01 Å². The summed E-state index contributed by atoms with van der Waals surface area (Å²) in [5, 5.41) is 1.05. The Kier molecular flexibility index (Phi) is 2.34. The summed E-state index contributed by atoms with van der Waals surface area (Å²) in [6.45, 7) is 2.09. The van der Waals surface area contributed by atoms with E-state index >= 15 is 0 Å². The van der Waals surface area contributed by atoms with Gasteiger partial charge in [0.05, 0.1) is 10.2 Å². The SMILES string of the molecule is Cc1cccc2sc(-c3ccc(N)cc3)nc12. The van der Waals surface area contributed by atoms with Crippen molar-refractivity contribution in [3.63, 3.8) is 0 Å². The third-order valence-electron chi connectivity index (χ3n) is 2.78. The summed E-state index contributed by atoms with van der Waals surface area (Å²) in [5.41, 5.74) is 9.92. The minimum absolute atomic E-state index is 0.783. The standard InChI is InChI=1S/C14H12N2S/c1-9-3-2-4-12-13(9)16-14(17-12)10-5-7-11(15)8-6-10/h2-8H,15H2,1H3. The topological polar surface area (TPSA) is 38.9 Å². The monoisotopic (exact) mass is 240 g/mol. The van der Waals surface area contributed by atoms with Crippen molar-refractivity contribution in [1.29, 1.82) is 0 Å². The first kappa shape index (κ1) is 10.3. The lowest BCUT2D eigenvalue weighted by Crippen LogP contribution is -1.83. The number of para-hydroxylation sites is 1. The molecule has 0 radical (unpaired) electrons. The number of nitrogens with zero attached hydrogens (tertiary/aromatic N) is 1. The number of anilines is 1. The lowest BCUT2D eigenvalue weighted by atomic mass is 10.2. The number of hydrogen-bond donors (Lipinski definition) is 1. The van der Waals surface area contributed by atoms with E-state index in [1.54, 1.807) is 11.3 Å². The number of nitrogen functional groups attached to an aromatic ring is 1. The number of fused-ring (bicyclic) bond motifs is 1.